The summed E-state index contributed by atoms with van der Waals surface area (Å²) in [6.07, 6.45) is 0.641. The fourth-order valence-electron chi connectivity index (χ4n) is 3.35. The largest absolute Gasteiger partial charge is 0.366 e. The van der Waals surface area contributed by atoms with Crippen molar-refractivity contribution in [3.8, 4) is 0 Å². The van der Waals surface area contributed by atoms with Crippen molar-refractivity contribution in [1.29, 1.82) is 0 Å². The van der Waals surface area contributed by atoms with Crippen LogP contribution in [0.2, 0.25) is 0 Å². The van der Waals surface area contributed by atoms with Gasteiger partial charge in [0.05, 0.1) is 6.61 Å². The highest BCUT2D eigenvalue weighted by atomic mass is 35.5. The Morgan fingerprint density at radius 2 is 2.08 bits per heavy atom. The van der Waals surface area contributed by atoms with E-state index in [2.05, 4.69) is 46.7 Å². The number of carbonyl (C=O) groups excluding carboxylic acids is 1. The van der Waals surface area contributed by atoms with Crippen molar-refractivity contribution in [2.45, 2.75) is 32.0 Å². The van der Waals surface area contributed by atoms with Crippen LogP contribution in [-0.2, 0) is 16.1 Å². The second kappa shape index (κ2) is 11.0. The number of hydrogen-bond donors (Lipinski definition) is 2. The molecule has 2 heterocycles. The SMILES string of the molecule is CC1CNCCC1NC(=O)C1CN(Cc2ccccc2)CCO1.Cl.Cl. The predicted molar refractivity (Wildman–Crippen MR) is 105 cm³/mol. The maximum absolute atomic E-state index is 12.5. The van der Waals surface area contributed by atoms with E-state index < -0.39 is 0 Å². The van der Waals surface area contributed by atoms with Gasteiger partial charge in [-0.3, -0.25) is 9.69 Å². The van der Waals surface area contributed by atoms with Crippen molar-refractivity contribution >= 4 is 30.7 Å². The second-order valence-corrected chi connectivity index (χ2v) is 6.67. The van der Waals surface area contributed by atoms with Crippen molar-refractivity contribution in [2.24, 2.45) is 5.92 Å². The molecule has 3 unspecified atom stereocenters. The summed E-state index contributed by atoms with van der Waals surface area (Å²) in [6.45, 7) is 7.16. The molecule has 0 aromatic heterocycles. The molecule has 1 aromatic carbocycles. The summed E-state index contributed by atoms with van der Waals surface area (Å²) in [7, 11) is 0. The van der Waals surface area contributed by atoms with Gasteiger partial charge in [-0.2, -0.15) is 0 Å². The van der Waals surface area contributed by atoms with Crippen molar-refractivity contribution in [2.75, 3.05) is 32.8 Å². The van der Waals surface area contributed by atoms with Gasteiger partial charge in [-0.05, 0) is 31.0 Å². The average Bonchev–Trinajstić information content (AvgIpc) is 2.58. The number of nitrogens with one attached hydrogen (secondary N) is 2. The predicted octanol–water partition coefficient (Wildman–Crippen LogP) is 1.85. The van der Waals surface area contributed by atoms with Gasteiger partial charge in [0.15, 0.2) is 0 Å². The van der Waals surface area contributed by atoms with Crippen molar-refractivity contribution in [3.05, 3.63) is 35.9 Å². The van der Waals surface area contributed by atoms with Crippen molar-refractivity contribution < 1.29 is 9.53 Å². The quantitative estimate of drug-likeness (QED) is 0.824. The van der Waals surface area contributed by atoms with Crippen LogP contribution in [0.3, 0.4) is 0 Å². The molecule has 1 amide bonds. The highest BCUT2D eigenvalue weighted by Crippen LogP contribution is 2.14. The number of ether oxygens (including phenoxy) is 1. The zero-order chi connectivity index (χ0) is 16.1. The van der Waals surface area contributed by atoms with Crippen molar-refractivity contribution in [3.63, 3.8) is 0 Å². The fraction of sp³-hybridized carbons (Fsp3) is 0.611. The summed E-state index contributed by atoms with van der Waals surface area (Å²) >= 11 is 0. The van der Waals surface area contributed by atoms with Crippen LogP contribution >= 0.6 is 24.8 Å². The van der Waals surface area contributed by atoms with Gasteiger partial charge in [-0.15, -0.1) is 24.8 Å². The number of morpholine rings is 1. The van der Waals surface area contributed by atoms with E-state index in [1.54, 1.807) is 0 Å². The molecule has 5 nitrogen and oxygen atoms in total. The lowest BCUT2D eigenvalue weighted by molar-refractivity contribution is -0.140. The molecule has 0 bridgehead atoms. The molecule has 0 aliphatic carbocycles. The zero-order valence-electron chi connectivity index (χ0n) is 14.6. The third-order valence-electron chi connectivity index (χ3n) is 4.80. The molecule has 3 atom stereocenters. The number of nitrogens with zero attached hydrogens (tertiary/aromatic N) is 1. The van der Waals surface area contributed by atoms with Crippen LogP contribution in [-0.4, -0.2) is 55.7 Å². The first-order valence-electron chi connectivity index (χ1n) is 8.61. The molecule has 1 aromatic rings. The number of rotatable bonds is 4. The standard InChI is InChI=1S/C18H27N3O2.2ClH/c1-14-11-19-8-7-16(14)20-18(22)17-13-21(9-10-23-17)12-15-5-3-2-4-6-15;;/h2-6,14,16-17,19H,7-13H2,1H3,(H,20,22);2*1H. The number of halogens is 2. The van der Waals surface area contributed by atoms with Gasteiger partial charge in [0.2, 0.25) is 0 Å². The Bertz CT molecular complexity index is 518. The Morgan fingerprint density at radius 3 is 2.80 bits per heavy atom. The Balaban J connectivity index is 0.00000156. The Hall–Kier alpha value is -0.850. The zero-order valence-corrected chi connectivity index (χ0v) is 16.3. The summed E-state index contributed by atoms with van der Waals surface area (Å²) < 4.78 is 5.72. The fourth-order valence-corrected chi connectivity index (χ4v) is 3.35. The number of benzene rings is 1. The minimum atomic E-state index is -0.352. The molecule has 142 valence electrons. The third kappa shape index (κ3) is 6.42. The topological polar surface area (TPSA) is 53.6 Å². The number of amides is 1. The summed E-state index contributed by atoms with van der Waals surface area (Å²) in [5.74, 6) is 0.512. The van der Waals surface area contributed by atoms with E-state index in [1.807, 2.05) is 6.07 Å². The van der Waals surface area contributed by atoms with Gasteiger partial charge in [-0.1, -0.05) is 37.3 Å². The minimum absolute atomic E-state index is 0. The molecule has 25 heavy (non-hydrogen) atoms. The average molecular weight is 390 g/mol. The minimum Gasteiger partial charge on any atom is -0.366 e. The van der Waals surface area contributed by atoms with E-state index in [-0.39, 0.29) is 42.9 Å². The first-order chi connectivity index (χ1) is 11.2. The van der Waals surface area contributed by atoms with Crippen LogP contribution in [0.15, 0.2) is 30.3 Å². The summed E-state index contributed by atoms with van der Waals surface area (Å²) in [6, 6.07) is 10.6. The molecule has 2 fully saturated rings. The molecule has 2 N–H and O–H groups in total. The Labute approximate surface area is 162 Å². The molecule has 2 aliphatic rings. The van der Waals surface area contributed by atoms with Gasteiger partial charge < -0.3 is 15.4 Å². The van der Waals surface area contributed by atoms with Crippen LogP contribution in [0, 0.1) is 5.92 Å². The lowest BCUT2D eigenvalue weighted by atomic mass is 9.95. The number of hydrogen-bond acceptors (Lipinski definition) is 4. The van der Waals surface area contributed by atoms with Gasteiger partial charge in [-0.25, -0.2) is 0 Å². The third-order valence-corrected chi connectivity index (χ3v) is 4.80. The van der Waals surface area contributed by atoms with Crippen molar-refractivity contribution in [1.82, 2.24) is 15.5 Å². The highest BCUT2D eigenvalue weighted by Gasteiger charge is 2.30. The Morgan fingerprint density at radius 1 is 1.32 bits per heavy atom. The summed E-state index contributed by atoms with van der Waals surface area (Å²) in [4.78, 5) is 14.8. The number of carbonyl (C=O) groups is 1. The first-order valence-corrected chi connectivity index (χ1v) is 8.61. The smallest absolute Gasteiger partial charge is 0.250 e. The highest BCUT2D eigenvalue weighted by molar-refractivity contribution is 5.85. The Kier molecular flexibility index (Phi) is 9.75. The molecule has 0 spiro atoms. The maximum Gasteiger partial charge on any atom is 0.250 e. The summed E-state index contributed by atoms with van der Waals surface area (Å²) in [5.41, 5.74) is 1.28. The molecular weight excluding hydrogens is 361 g/mol. The lowest BCUT2D eigenvalue weighted by Gasteiger charge is -2.35. The van der Waals surface area contributed by atoms with E-state index >= 15 is 0 Å². The van der Waals surface area contributed by atoms with E-state index in [9.17, 15) is 4.79 Å². The van der Waals surface area contributed by atoms with Crippen LogP contribution in [0.1, 0.15) is 18.9 Å². The molecular formula is C18H29Cl2N3O2. The van der Waals surface area contributed by atoms with E-state index in [0.717, 1.165) is 32.6 Å². The van der Waals surface area contributed by atoms with E-state index in [0.29, 0.717) is 19.1 Å². The maximum atomic E-state index is 12.5. The normalized spacial score (nSPS) is 26.8. The van der Waals surface area contributed by atoms with Crippen LogP contribution < -0.4 is 10.6 Å². The van der Waals surface area contributed by atoms with Gasteiger partial charge in [0.1, 0.15) is 6.10 Å². The monoisotopic (exact) mass is 389 g/mol. The molecule has 7 heteroatoms. The molecule has 2 saturated heterocycles. The van der Waals surface area contributed by atoms with Crippen LogP contribution in [0.25, 0.3) is 0 Å². The molecule has 0 saturated carbocycles. The second-order valence-electron chi connectivity index (χ2n) is 6.67. The van der Waals surface area contributed by atoms with Gasteiger partial charge >= 0.3 is 0 Å². The van der Waals surface area contributed by atoms with E-state index in [4.69, 9.17) is 4.74 Å². The van der Waals surface area contributed by atoms with Gasteiger partial charge in [0, 0.05) is 25.7 Å². The van der Waals surface area contributed by atoms with E-state index in [1.165, 1.54) is 5.56 Å². The molecule has 3 rings (SSSR count). The van der Waals surface area contributed by atoms with Gasteiger partial charge in [0.25, 0.3) is 5.91 Å². The number of piperidine rings is 1. The molecule has 2 aliphatic heterocycles. The lowest BCUT2D eigenvalue weighted by Crippen LogP contribution is -2.55. The molecule has 0 radical (unpaired) electrons. The van der Waals surface area contributed by atoms with Crippen LogP contribution in [0.4, 0.5) is 0 Å². The summed E-state index contributed by atoms with van der Waals surface area (Å²) in [5, 5.41) is 6.55. The first kappa shape index (κ1) is 22.2. The van der Waals surface area contributed by atoms with Crippen LogP contribution in [0.5, 0.6) is 0 Å².